The predicted molar refractivity (Wildman–Crippen MR) is 75.8 cm³/mol. The Hall–Kier alpha value is -2.04. The summed E-state index contributed by atoms with van der Waals surface area (Å²) in [5, 5.41) is 8.69. The summed E-state index contributed by atoms with van der Waals surface area (Å²) in [4.78, 5) is 23.7. The van der Waals surface area contributed by atoms with Crippen LogP contribution >= 0.6 is 0 Å². The molecule has 1 amide bonds. The molecule has 0 spiro atoms. The van der Waals surface area contributed by atoms with Crippen molar-refractivity contribution in [2.75, 3.05) is 19.7 Å². The molecule has 0 heterocycles. The van der Waals surface area contributed by atoms with Crippen LogP contribution in [0.15, 0.2) is 24.3 Å². The van der Waals surface area contributed by atoms with E-state index in [-0.39, 0.29) is 12.5 Å². The number of benzene rings is 1. The Morgan fingerprint density at radius 1 is 1.25 bits per heavy atom. The standard InChI is InChI=1S/C15H21NO4/c1-3-16(11-15(18)19)14(17)5-4-10-20-13-8-6-12(2)7-9-13/h6-9H,3-5,10-11H2,1-2H3,(H,18,19). The van der Waals surface area contributed by atoms with E-state index in [0.717, 1.165) is 5.75 Å². The molecule has 0 saturated heterocycles. The van der Waals surface area contributed by atoms with Crippen molar-refractivity contribution in [1.82, 2.24) is 4.90 Å². The second kappa shape index (κ2) is 8.19. The normalized spacial score (nSPS) is 10.1. The molecular formula is C15H21NO4. The fourth-order valence-corrected chi connectivity index (χ4v) is 1.75. The lowest BCUT2D eigenvalue weighted by Gasteiger charge is -2.18. The second-order valence-corrected chi connectivity index (χ2v) is 4.57. The van der Waals surface area contributed by atoms with Gasteiger partial charge >= 0.3 is 5.97 Å². The number of carboxylic acids is 1. The maximum atomic E-state index is 11.8. The highest BCUT2D eigenvalue weighted by Gasteiger charge is 2.14. The van der Waals surface area contributed by atoms with E-state index in [1.807, 2.05) is 31.2 Å². The van der Waals surface area contributed by atoms with Crippen molar-refractivity contribution in [1.29, 1.82) is 0 Å². The van der Waals surface area contributed by atoms with Crippen LogP contribution in [0.3, 0.4) is 0 Å². The minimum atomic E-state index is -0.990. The van der Waals surface area contributed by atoms with Gasteiger partial charge in [-0.3, -0.25) is 9.59 Å². The summed E-state index contributed by atoms with van der Waals surface area (Å²) in [6.07, 6.45) is 0.871. The predicted octanol–water partition coefficient (Wildman–Crippen LogP) is 2.09. The van der Waals surface area contributed by atoms with Crippen molar-refractivity contribution < 1.29 is 19.4 Å². The number of nitrogens with zero attached hydrogens (tertiary/aromatic N) is 1. The summed E-state index contributed by atoms with van der Waals surface area (Å²) in [6, 6.07) is 7.71. The van der Waals surface area contributed by atoms with E-state index in [9.17, 15) is 9.59 Å². The number of likely N-dealkylation sites (N-methyl/N-ethyl adjacent to an activating group) is 1. The van der Waals surface area contributed by atoms with Crippen molar-refractivity contribution in [2.24, 2.45) is 0 Å². The molecule has 5 nitrogen and oxygen atoms in total. The highest BCUT2D eigenvalue weighted by molar-refractivity contribution is 5.81. The maximum Gasteiger partial charge on any atom is 0.323 e. The van der Waals surface area contributed by atoms with Crippen LogP contribution < -0.4 is 4.74 Å². The van der Waals surface area contributed by atoms with Crippen molar-refractivity contribution in [3.63, 3.8) is 0 Å². The van der Waals surface area contributed by atoms with E-state index in [1.54, 1.807) is 6.92 Å². The Balaban J connectivity index is 2.27. The van der Waals surface area contributed by atoms with E-state index in [4.69, 9.17) is 9.84 Å². The van der Waals surface area contributed by atoms with Crippen molar-refractivity contribution in [3.8, 4) is 5.75 Å². The van der Waals surface area contributed by atoms with Crippen LogP contribution in [-0.4, -0.2) is 41.6 Å². The molecule has 0 radical (unpaired) electrons. The fourth-order valence-electron chi connectivity index (χ4n) is 1.75. The monoisotopic (exact) mass is 279 g/mol. The van der Waals surface area contributed by atoms with Crippen LogP contribution in [0.4, 0.5) is 0 Å². The smallest absolute Gasteiger partial charge is 0.323 e. The summed E-state index contributed by atoms with van der Waals surface area (Å²) in [5.41, 5.74) is 1.17. The quantitative estimate of drug-likeness (QED) is 0.740. The number of hydrogen-bond donors (Lipinski definition) is 1. The molecule has 1 aromatic rings. The number of rotatable bonds is 8. The Kier molecular flexibility index (Phi) is 6.56. The third-order valence-corrected chi connectivity index (χ3v) is 2.89. The van der Waals surface area contributed by atoms with Gasteiger partial charge < -0.3 is 14.7 Å². The van der Waals surface area contributed by atoms with Crippen LogP contribution in [0.2, 0.25) is 0 Å². The third kappa shape index (κ3) is 5.73. The molecule has 20 heavy (non-hydrogen) atoms. The lowest BCUT2D eigenvalue weighted by molar-refractivity contribution is -0.144. The maximum absolute atomic E-state index is 11.8. The van der Waals surface area contributed by atoms with Gasteiger partial charge in [0.15, 0.2) is 0 Å². The average Bonchev–Trinajstić information content (AvgIpc) is 2.42. The second-order valence-electron chi connectivity index (χ2n) is 4.57. The van der Waals surface area contributed by atoms with Gasteiger partial charge in [-0.05, 0) is 32.4 Å². The number of ether oxygens (including phenoxy) is 1. The Labute approximate surface area is 119 Å². The molecule has 0 aliphatic carbocycles. The zero-order valence-electron chi connectivity index (χ0n) is 12.0. The van der Waals surface area contributed by atoms with Crippen LogP contribution in [0.25, 0.3) is 0 Å². The van der Waals surface area contributed by atoms with Crippen molar-refractivity contribution >= 4 is 11.9 Å². The van der Waals surface area contributed by atoms with E-state index in [1.165, 1.54) is 10.5 Å². The van der Waals surface area contributed by atoms with Crippen LogP contribution in [0.5, 0.6) is 5.75 Å². The zero-order valence-corrected chi connectivity index (χ0v) is 12.0. The molecule has 1 aromatic carbocycles. The molecule has 1 rings (SSSR count). The average molecular weight is 279 g/mol. The summed E-state index contributed by atoms with van der Waals surface area (Å²) in [7, 11) is 0. The molecule has 5 heteroatoms. The molecule has 0 fully saturated rings. The minimum absolute atomic E-state index is 0.151. The topological polar surface area (TPSA) is 66.8 Å². The van der Waals surface area contributed by atoms with Gasteiger partial charge in [-0.25, -0.2) is 0 Å². The first kappa shape index (κ1) is 16.0. The van der Waals surface area contributed by atoms with Gasteiger partial charge in [0, 0.05) is 13.0 Å². The van der Waals surface area contributed by atoms with Crippen LogP contribution in [0, 0.1) is 6.92 Å². The highest BCUT2D eigenvalue weighted by Crippen LogP contribution is 2.12. The number of amides is 1. The molecule has 1 N–H and O–H groups in total. The lowest BCUT2D eigenvalue weighted by Crippen LogP contribution is -2.35. The van der Waals surface area contributed by atoms with Gasteiger partial charge in [-0.15, -0.1) is 0 Å². The number of hydrogen-bond acceptors (Lipinski definition) is 3. The van der Waals surface area contributed by atoms with Crippen molar-refractivity contribution in [2.45, 2.75) is 26.7 Å². The lowest BCUT2D eigenvalue weighted by atomic mass is 10.2. The molecule has 0 unspecified atom stereocenters. The Bertz CT molecular complexity index is 442. The van der Waals surface area contributed by atoms with Gasteiger partial charge in [0.05, 0.1) is 6.61 Å². The van der Waals surface area contributed by atoms with Gasteiger partial charge in [0.25, 0.3) is 0 Å². The molecule has 110 valence electrons. The van der Waals surface area contributed by atoms with Gasteiger partial charge in [-0.1, -0.05) is 17.7 Å². The van der Waals surface area contributed by atoms with Gasteiger partial charge in [-0.2, -0.15) is 0 Å². The number of carbonyl (C=O) groups excluding carboxylic acids is 1. The van der Waals surface area contributed by atoms with Crippen molar-refractivity contribution in [3.05, 3.63) is 29.8 Å². The van der Waals surface area contributed by atoms with E-state index in [0.29, 0.717) is 26.0 Å². The largest absolute Gasteiger partial charge is 0.494 e. The first-order chi connectivity index (χ1) is 9.52. The van der Waals surface area contributed by atoms with E-state index >= 15 is 0 Å². The number of carboxylic acid groups (broad SMARTS) is 1. The van der Waals surface area contributed by atoms with E-state index < -0.39 is 5.97 Å². The molecule has 0 aliphatic rings. The fraction of sp³-hybridized carbons (Fsp3) is 0.467. The van der Waals surface area contributed by atoms with Crippen LogP contribution in [-0.2, 0) is 9.59 Å². The SMILES string of the molecule is CCN(CC(=O)O)C(=O)CCCOc1ccc(C)cc1. The molecule has 0 aromatic heterocycles. The van der Waals surface area contributed by atoms with Gasteiger partial charge in [0.1, 0.15) is 12.3 Å². The first-order valence-electron chi connectivity index (χ1n) is 6.72. The summed E-state index contributed by atoms with van der Waals surface area (Å²) >= 11 is 0. The van der Waals surface area contributed by atoms with Crippen LogP contribution in [0.1, 0.15) is 25.3 Å². The molecule has 0 bridgehead atoms. The summed E-state index contributed by atoms with van der Waals surface area (Å²) in [6.45, 7) is 4.38. The summed E-state index contributed by atoms with van der Waals surface area (Å²) < 4.78 is 5.52. The number of aliphatic carboxylic acids is 1. The Morgan fingerprint density at radius 2 is 1.90 bits per heavy atom. The Morgan fingerprint density at radius 3 is 2.45 bits per heavy atom. The van der Waals surface area contributed by atoms with E-state index in [2.05, 4.69) is 0 Å². The molecule has 0 saturated carbocycles. The highest BCUT2D eigenvalue weighted by atomic mass is 16.5. The number of carbonyl (C=O) groups is 2. The van der Waals surface area contributed by atoms with Gasteiger partial charge in [0.2, 0.25) is 5.91 Å². The minimum Gasteiger partial charge on any atom is -0.494 e. The first-order valence-corrected chi connectivity index (χ1v) is 6.72. The molecular weight excluding hydrogens is 258 g/mol. The summed E-state index contributed by atoms with van der Waals surface area (Å²) in [5.74, 6) is -0.362. The third-order valence-electron chi connectivity index (χ3n) is 2.89. The molecule has 0 aliphatic heterocycles. The number of aryl methyl sites for hydroxylation is 1. The molecule has 0 atom stereocenters. The zero-order chi connectivity index (χ0) is 15.0.